The number of aliphatic carboxylic acids is 1. The van der Waals surface area contributed by atoms with Crippen molar-refractivity contribution in [1.82, 2.24) is 5.32 Å². The third-order valence-electron chi connectivity index (χ3n) is 2.63. The minimum Gasteiger partial charge on any atom is -0.480 e. The van der Waals surface area contributed by atoms with Gasteiger partial charge < -0.3 is 20.5 Å². The van der Waals surface area contributed by atoms with E-state index in [0.717, 1.165) is 4.90 Å². The van der Waals surface area contributed by atoms with E-state index in [2.05, 4.69) is 10.6 Å². The second-order valence-corrected chi connectivity index (χ2v) is 5.27. The molecule has 1 heterocycles. The van der Waals surface area contributed by atoms with Crippen molar-refractivity contribution in [3.05, 3.63) is 23.8 Å². The van der Waals surface area contributed by atoms with Crippen molar-refractivity contribution in [2.45, 2.75) is 4.90 Å². The lowest BCUT2D eigenvalue weighted by Gasteiger charge is -2.16. The number of carboxylic acids is 1. The summed E-state index contributed by atoms with van der Waals surface area (Å²) in [4.78, 5) is 34.4. The highest BCUT2D eigenvalue weighted by Gasteiger charge is 2.17. The van der Waals surface area contributed by atoms with E-state index in [1.807, 2.05) is 0 Å². The Bertz CT molecular complexity index is 576. The molecule has 7 nitrogen and oxygen atoms in total. The molecule has 0 fully saturated rings. The molecule has 1 aromatic rings. The van der Waals surface area contributed by atoms with E-state index in [1.54, 1.807) is 18.2 Å². The van der Waals surface area contributed by atoms with Crippen molar-refractivity contribution in [2.75, 3.05) is 30.8 Å². The number of thioether (sulfide) groups is 1. The zero-order valence-electron chi connectivity index (χ0n) is 11.0. The predicted molar refractivity (Wildman–Crippen MR) is 76.6 cm³/mol. The molecule has 0 unspecified atom stereocenters. The lowest BCUT2D eigenvalue weighted by Crippen LogP contribution is -2.28. The lowest BCUT2D eigenvalue weighted by molar-refractivity contribution is -0.142. The van der Waals surface area contributed by atoms with Gasteiger partial charge >= 0.3 is 5.97 Å². The summed E-state index contributed by atoms with van der Waals surface area (Å²) in [6.07, 6.45) is 0. The number of benzene rings is 1. The largest absolute Gasteiger partial charge is 0.480 e. The minimum atomic E-state index is -1.05. The van der Waals surface area contributed by atoms with E-state index in [4.69, 9.17) is 9.84 Å². The highest BCUT2D eigenvalue weighted by molar-refractivity contribution is 8.00. The number of anilines is 1. The summed E-state index contributed by atoms with van der Waals surface area (Å²) in [6.45, 7) is -0.0577. The molecule has 0 saturated carbocycles. The number of carboxylic acid groups (broad SMARTS) is 1. The number of hydrogen-bond donors (Lipinski definition) is 3. The van der Waals surface area contributed by atoms with Crippen LogP contribution < -0.4 is 10.6 Å². The van der Waals surface area contributed by atoms with E-state index >= 15 is 0 Å². The highest BCUT2D eigenvalue weighted by atomic mass is 32.2. The molecule has 0 atom stereocenters. The quantitative estimate of drug-likeness (QED) is 0.663. The molecule has 3 N–H and O–H groups in total. The average Bonchev–Trinajstić information content (AvgIpc) is 2.45. The van der Waals surface area contributed by atoms with Crippen LogP contribution in [0.4, 0.5) is 5.69 Å². The van der Waals surface area contributed by atoms with E-state index in [1.165, 1.54) is 11.8 Å². The van der Waals surface area contributed by atoms with Crippen molar-refractivity contribution in [1.29, 1.82) is 0 Å². The molecule has 0 radical (unpaired) electrons. The van der Waals surface area contributed by atoms with E-state index < -0.39 is 12.6 Å². The number of amides is 2. The number of nitrogens with one attached hydrogen (secondary N) is 2. The Balaban J connectivity index is 1.86. The van der Waals surface area contributed by atoms with Gasteiger partial charge in [-0.3, -0.25) is 9.59 Å². The highest BCUT2D eigenvalue weighted by Crippen LogP contribution is 2.31. The van der Waals surface area contributed by atoms with Crippen molar-refractivity contribution >= 4 is 35.2 Å². The number of carbonyl (C=O) groups excluding carboxylic acids is 2. The van der Waals surface area contributed by atoms with E-state index in [0.29, 0.717) is 17.0 Å². The number of carbonyl (C=O) groups is 3. The summed E-state index contributed by atoms with van der Waals surface area (Å²) in [5.74, 6) is -1.07. The maximum absolute atomic E-state index is 11.9. The van der Waals surface area contributed by atoms with Crippen LogP contribution in [-0.4, -0.2) is 48.4 Å². The van der Waals surface area contributed by atoms with Crippen molar-refractivity contribution in [3.8, 4) is 0 Å². The van der Waals surface area contributed by atoms with Gasteiger partial charge in [0.05, 0.1) is 18.0 Å². The van der Waals surface area contributed by atoms with Gasteiger partial charge in [0.2, 0.25) is 5.91 Å². The smallest absolute Gasteiger partial charge is 0.329 e. The summed E-state index contributed by atoms with van der Waals surface area (Å²) < 4.78 is 4.81. The first-order valence-electron chi connectivity index (χ1n) is 6.20. The molecule has 0 saturated heterocycles. The average molecular weight is 310 g/mol. The van der Waals surface area contributed by atoms with E-state index in [9.17, 15) is 14.4 Å². The van der Waals surface area contributed by atoms with Gasteiger partial charge in [-0.25, -0.2) is 4.79 Å². The first-order valence-corrected chi connectivity index (χ1v) is 7.19. The summed E-state index contributed by atoms with van der Waals surface area (Å²) >= 11 is 1.43. The Hall–Kier alpha value is -2.06. The zero-order chi connectivity index (χ0) is 15.2. The maximum Gasteiger partial charge on any atom is 0.329 e. The van der Waals surface area contributed by atoms with Gasteiger partial charge in [0.1, 0.15) is 6.61 Å². The summed E-state index contributed by atoms with van der Waals surface area (Å²) in [5, 5.41) is 13.7. The fourth-order valence-corrected chi connectivity index (χ4v) is 2.51. The van der Waals surface area contributed by atoms with Crippen LogP contribution >= 0.6 is 11.8 Å². The molecular weight excluding hydrogens is 296 g/mol. The normalized spacial score (nSPS) is 13.2. The van der Waals surface area contributed by atoms with Crippen LogP contribution in [0.3, 0.4) is 0 Å². The standard InChI is InChI=1S/C13H14N2O5S/c16-11-7-21-10-2-1-8(5-9(10)15-11)13(19)14-3-4-20-6-12(17)18/h1-2,5H,3-4,6-7H2,(H,14,19)(H,15,16)(H,17,18). The van der Waals surface area contributed by atoms with E-state index in [-0.39, 0.29) is 25.0 Å². The number of fused-ring (bicyclic) bond motifs is 1. The topological polar surface area (TPSA) is 105 Å². The fraction of sp³-hybridized carbons (Fsp3) is 0.308. The third kappa shape index (κ3) is 4.47. The van der Waals surface area contributed by atoms with Crippen LogP contribution in [-0.2, 0) is 14.3 Å². The summed E-state index contributed by atoms with van der Waals surface area (Å²) in [5.41, 5.74) is 1.06. The fourth-order valence-electron chi connectivity index (χ4n) is 1.72. The first kappa shape index (κ1) is 15.3. The van der Waals surface area contributed by atoms with Crippen LogP contribution in [0.2, 0.25) is 0 Å². The van der Waals surface area contributed by atoms with Gasteiger partial charge in [-0.05, 0) is 18.2 Å². The maximum atomic E-state index is 11.9. The molecule has 0 aliphatic carbocycles. The van der Waals surface area contributed by atoms with Gasteiger partial charge in [-0.15, -0.1) is 11.8 Å². The van der Waals surface area contributed by atoms with Crippen LogP contribution in [0.15, 0.2) is 23.1 Å². The van der Waals surface area contributed by atoms with Crippen LogP contribution in [0.5, 0.6) is 0 Å². The monoisotopic (exact) mass is 310 g/mol. The third-order valence-corrected chi connectivity index (χ3v) is 3.71. The second-order valence-electron chi connectivity index (χ2n) is 4.25. The number of ether oxygens (including phenoxy) is 1. The second kappa shape index (κ2) is 7.09. The molecule has 112 valence electrons. The van der Waals surface area contributed by atoms with Crippen LogP contribution in [0.25, 0.3) is 0 Å². The molecule has 0 aromatic heterocycles. The molecule has 1 aliphatic rings. The van der Waals surface area contributed by atoms with Gasteiger partial charge in [-0.1, -0.05) is 0 Å². The molecule has 0 bridgehead atoms. The first-order chi connectivity index (χ1) is 10.1. The Labute approximate surface area is 125 Å². The number of hydrogen-bond acceptors (Lipinski definition) is 5. The summed E-state index contributed by atoms with van der Waals surface area (Å²) in [6, 6.07) is 5.08. The number of rotatable bonds is 6. The van der Waals surface area contributed by atoms with Gasteiger partial charge in [0.15, 0.2) is 0 Å². The Morgan fingerprint density at radius 2 is 2.24 bits per heavy atom. The molecule has 2 amide bonds. The summed E-state index contributed by atoms with van der Waals surface area (Å²) in [7, 11) is 0. The van der Waals surface area contributed by atoms with Gasteiger partial charge in [0, 0.05) is 17.0 Å². The van der Waals surface area contributed by atoms with Crippen molar-refractivity contribution < 1.29 is 24.2 Å². The molecule has 1 aliphatic heterocycles. The van der Waals surface area contributed by atoms with Gasteiger partial charge in [-0.2, -0.15) is 0 Å². The molecule has 1 aromatic carbocycles. The molecular formula is C13H14N2O5S. The SMILES string of the molecule is O=C(O)COCCNC(=O)c1ccc2c(c1)NC(=O)CS2. The molecule has 2 rings (SSSR count). The lowest BCUT2D eigenvalue weighted by atomic mass is 10.2. The minimum absolute atomic E-state index is 0.0906. The molecule has 21 heavy (non-hydrogen) atoms. The Kier molecular flexibility index (Phi) is 5.18. The molecule has 0 spiro atoms. The van der Waals surface area contributed by atoms with Crippen molar-refractivity contribution in [3.63, 3.8) is 0 Å². The Morgan fingerprint density at radius 3 is 3.00 bits per heavy atom. The van der Waals surface area contributed by atoms with Gasteiger partial charge in [0.25, 0.3) is 5.91 Å². The predicted octanol–water partition coefficient (Wildman–Crippen LogP) is 0.562. The van der Waals surface area contributed by atoms with Crippen LogP contribution in [0, 0.1) is 0 Å². The Morgan fingerprint density at radius 1 is 1.43 bits per heavy atom. The van der Waals surface area contributed by atoms with Crippen molar-refractivity contribution in [2.24, 2.45) is 0 Å². The zero-order valence-corrected chi connectivity index (χ0v) is 11.9. The van der Waals surface area contributed by atoms with Crippen LogP contribution in [0.1, 0.15) is 10.4 Å². The molecule has 8 heteroatoms.